The maximum Gasteiger partial charge on any atom is 0.319 e. The fourth-order valence-electron chi connectivity index (χ4n) is 2.01. The molecule has 7 heteroatoms. The molecule has 1 aromatic carbocycles. The first kappa shape index (κ1) is 18.0. The van der Waals surface area contributed by atoms with Gasteiger partial charge in [-0.15, -0.1) is 0 Å². The van der Waals surface area contributed by atoms with Gasteiger partial charge < -0.3 is 20.1 Å². The molecule has 2 N–H and O–H groups in total. The Morgan fingerprint density at radius 2 is 2.17 bits per heavy atom. The molecular formula is C17H20ClN3O3. The van der Waals surface area contributed by atoms with Crippen LogP contribution < -0.4 is 15.4 Å². The van der Waals surface area contributed by atoms with Gasteiger partial charge in [0.1, 0.15) is 12.4 Å². The van der Waals surface area contributed by atoms with Crippen LogP contribution in [0.25, 0.3) is 0 Å². The van der Waals surface area contributed by atoms with Gasteiger partial charge in [0.15, 0.2) is 0 Å². The highest BCUT2D eigenvalue weighted by Gasteiger charge is 2.09. The number of halogens is 1. The van der Waals surface area contributed by atoms with E-state index in [1.54, 1.807) is 31.5 Å². The molecule has 6 nitrogen and oxygen atoms in total. The Hall–Kier alpha value is -2.31. The van der Waals surface area contributed by atoms with Gasteiger partial charge in [-0.2, -0.15) is 0 Å². The minimum Gasteiger partial charge on any atom is -0.486 e. The number of anilines is 1. The molecule has 2 amide bonds. The fraction of sp³-hybridized carbons (Fsp3) is 0.294. The topological polar surface area (TPSA) is 72.5 Å². The third-order valence-corrected chi connectivity index (χ3v) is 3.38. The molecule has 1 heterocycles. The Morgan fingerprint density at radius 3 is 2.83 bits per heavy atom. The van der Waals surface area contributed by atoms with Gasteiger partial charge in [0, 0.05) is 19.0 Å². The number of carbonyl (C=O) groups is 1. The fourth-order valence-corrected chi connectivity index (χ4v) is 2.25. The van der Waals surface area contributed by atoms with Crippen molar-refractivity contribution >= 4 is 23.3 Å². The number of nitrogens with zero attached hydrogens (tertiary/aromatic N) is 1. The van der Waals surface area contributed by atoms with E-state index in [-0.39, 0.29) is 12.1 Å². The standard InChI is InChI=1S/C17H20ClN3O3/c1-12(10-23-2)20-17(22)21-13-6-7-16(15(18)9-13)24-11-14-5-3-4-8-19-14/h3-9,12H,10-11H2,1-2H3,(H2,20,21,22)/t12-/m1/s1. The summed E-state index contributed by atoms with van der Waals surface area (Å²) in [5.41, 5.74) is 1.38. The largest absolute Gasteiger partial charge is 0.486 e. The quantitative estimate of drug-likeness (QED) is 0.802. The Bertz CT molecular complexity index is 667. The van der Waals surface area contributed by atoms with Crippen LogP contribution in [0.1, 0.15) is 12.6 Å². The number of hydrogen-bond acceptors (Lipinski definition) is 4. The number of methoxy groups -OCH3 is 1. The predicted molar refractivity (Wildman–Crippen MR) is 93.5 cm³/mol. The number of ether oxygens (including phenoxy) is 2. The average molecular weight is 350 g/mol. The molecule has 0 bridgehead atoms. The molecule has 0 aliphatic carbocycles. The van der Waals surface area contributed by atoms with Crippen molar-refractivity contribution in [2.45, 2.75) is 19.6 Å². The number of benzene rings is 1. The number of pyridine rings is 1. The summed E-state index contributed by atoms with van der Waals surface area (Å²) < 4.78 is 10.6. The summed E-state index contributed by atoms with van der Waals surface area (Å²) in [5.74, 6) is 0.529. The van der Waals surface area contributed by atoms with E-state index in [0.717, 1.165) is 5.69 Å². The van der Waals surface area contributed by atoms with Crippen molar-refractivity contribution in [3.63, 3.8) is 0 Å². The van der Waals surface area contributed by atoms with E-state index in [9.17, 15) is 4.79 Å². The van der Waals surface area contributed by atoms with Gasteiger partial charge in [-0.3, -0.25) is 4.98 Å². The molecule has 0 fully saturated rings. The molecular weight excluding hydrogens is 330 g/mol. The molecule has 1 atom stereocenters. The second kappa shape index (κ2) is 9.10. The molecule has 128 valence electrons. The van der Waals surface area contributed by atoms with E-state index in [1.165, 1.54) is 0 Å². The van der Waals surface area contributed by atoms with Gasteiger partial charge >= 0.3 is 6.03 Å². The van der Waals surface area contributed by atoms with E-state index in [0.29, 0.717) is 29.7 Å². The second-order valence-corrected chi connectivity index (χ2v) is 5.62. The summed E-state index contributed by atoms with van der Waals surface area (Å²) in [5, 5.41) is 5.88. The molecule has 0 radical (unpaired) electrons. The Balaban J connectivity index is 1.90. The highest BCUT2D eigenvalue weighted by atomic mass is 35.5. The number of aromatic nitrogens is 1. The number of rotatable bonds is 7. The Labute approximate surface area is 146 Å². The van der Waals surface area contributed by atoms with Gasteiger partial charge in [-0.1, -0.05) is 17.7 Å². The predicted octanol–water partition coefficient (Wildman–Crippen LogP) is 3.47. The maximum absolute atomic E-state index is 11.8. The lowest BCUT2D eigenvalue weighted by atomic mass is 10.3. The van der Waals surface area contributed by atoms with E-state index in [1.807, 2.05) is 25.1 Å². The SMILES string of the molecule is COC[C@@H](C)NC(=O)Nc1ccc(OCc2ccccn2)c(Cl)c1. The van der Waals surface area contributed by atoms with Crippen LogP contribution in [0.5, 0.6) is 5.75 Å². The highest BCUT2D eigenvalue weighted by molar-refractivity contribution is 6.32. The van der Waals surface area contributed by atoms with E-state index in [4.69, 9.17) is 21.1 Å². The summed E-state index contributed by atoms with van der Waals surface area (Å²) in [4.78, 5) is 16.0. The van der Waals surface area contributed by atoms with E-state index in [2.05, 4.69) is 15.6 Å². The minimum atomic E-state index is -0.322. The number of hydrogen-bond donors (Lipinski definition) is 2. The molecule has 0 saturated heterocycles. The highest BCUT2D eigenvalue weighted by Crippen LogP contribution is 2.28. The average Bonchev–Trinajstić information content (AvgIpc) is 2.55. The van der Waals surface area contributed by atoms with Crippen LogP contribution in [-0.2, 0) is 11.3 Å². The Kier molecular flexibility index (Phi) is 6.84. The zero-order chi connectivity index (χ0) is 17.4. The van der Waals surface area contributed by atoms with Crippen molar-refractivity contribution in [1.29, 1.82) is 0 Å². The van der Waals surface area contributed by atoms with Crippen LogP contribution in [0.2, 0.25) is 5.02 Å². The van der Waals surface area contributed by atoms with Gasteiger partial charge in [-0.05, 0) is 37.3 Å². The summed E-state index contributed by atoms with van der Waals surface area (Å²) in [6.45, 7) is 2.61. The van der Waals surface area contributed by atoms with Crippen LogP contribution >= 0.6 is 11.6 Å². The molecule has 0 unspecified atom stereocenters. The number of urea groups is 1. The van der Waals surface area contributed by atoms with Crippen LogP contribution in [0.3, 0.4) is 0 Å². The molecule has 1 aromatic heterocycles. The molecule has 2 aromatic rings. The van der Waals surface area contributed by atoms with Gasteiger partial charge in [0.2, 0.25) is 0 Å². The number of nitrogens with one attached hydrogen (secondary N) is 2. The van der Waals surface area contributed by atoms with Crippen molar-refractivity contribution < 1.29 is 14.3 Å². The van der Waals surface area contributed by atoms with Gasteiger partial charge in [-0.25, -0.2) is 4.79 Å². The minimum absolute atomic E-state index is 0.0912. The smallest absolute Gasteiger partial charge is 0.319 e. The van der Waals surface area contributed by atoms with Crippen molar-refractivity contribution in [1.82, 2.24) is 10.3 Å². The third kappa shape index (κ3) is 5.72. The van der Waals surface area contributed by atoms with E-state index >= 15 is 0 Å². The van der Waals surface area contributed by atoms with Crippen LogP contribution in [0.4, 0.5) is 10.5 Å². The van der Waals surface area contributed by atoms with Crippen LogP contribution in [0, 0.1) is 0 Å². The lowest BCUT2D eigenvalue weighted by Crippen LogP contribution is -2.38. The molecule has 24 heavy (non-hydrogen) atoms. The van der Waals surface area contributed by atoms with Crippen molar-refractivity contribution in [3.8, 4) is 5.75 Å². The third-order valence-electron chi connectivity index (χ3n) is 3.09. The van der Waals surface area contributed by atoms with Gasteiger partial charge in [0.05, 0.1) is 23.4 Å². The summed E-state index contributed by atoms with van der Waals surface area (Å²) in [6.07, 6.45) is 1.70. The summed E-state index contributed by atoms with van der Waals surface area (Å²) in [6, 6.07) is 10.3. The van der Waals surface area contributed by atoms with Crippen LogP contribution in [0.15, 0.2) is 42.6 Å². The molecule has 0 aliphatic rings. The van der Waals surface area contributed by atoms with Crippen LogP contribution in [-0.4, -0.2) is 30.8 Å². The number of carbonyl (C=O) groups excluding carboxylic acids is 1. The molecule has 0 aliphatic heterocycles. The summed E-state index contributed by atoms with van der Waals surface area (Å²) in [7, 11) is 1.58. The van der Waals surface area contributed by atoms with Gasteiger partial charge in [0.25, 0.3) is 0 Å². The summed E-state index contributed by atoms with van der Waals surface area (Å²) >= 11 is 6.20. The zero-order valence-corrected chi connectivity index (χ0v) is 14.3. The maximum atomic E-state index is 11.8. The lowest BCUT2D eigenvalue weighted by molar-refractivity contribution is 0.173. The molecule has 2 rings (SSSR count). The lowest BCUT2D eigenvalue weighted by Gasteiger charge is -2.14. The number of amides is 2. The monoisotopic (exact) mass is 349 g/mol. The molecule has 0 spiro atoms. The first-order valence-electron chi connectivity index (χ1n) is 7.47. The molecule has 0 saturated carbocycles. The zero-order valence-electron chi connectivity index (χ0n) is 13.6. The second-order valence-electron chi connectivity index (χ2n) is 5.21. The van der Waals surface area contributed by atoms with Crippen molar-refractivity contribution in [2.24, 2.45) is 0 Å². The van der Waals surface area contributed by atoms with Crippen molar-refractivity contribution in [3.05, 3.63) is 53.3 Å². The van der Waals surface area contributed by atoms with E-state index < -0.39 is 0 Å². The Morgan fingerprint density at radius 1 is 1.33 bits per heavy atom. The van der Waals surface area contributed by atoms with Crippen molar-refractivity contribution in [2.75, 3.05) is 19.0 Å². The first-order chi connectivity index (χ1) is 11.6. The first-order valence-corrected chi connectivity index (χ1v) is 7.85. The normalized spacial score (nSPS) is 11.6.